The van der Waals surface area contributed by atoms with Crippen molar-refractivity contribution in [2.45, 2.75) is 52.7 Å². The van der Waals surface area contributed by atoms with Crippen LogP contribution in [0, 0.1) is 5.41 Å². The van der Waals surface area contributed by atoms with Crippen LogP contribution in [0.4, 0.5) is 0 Å². The lowest BCUT2D eigenvalue weighted by molar-refractivity contribution is -0.139. The van der Waals surface area contributed by atoms with Crippen molar-refractivity contribution in [1.82, 2.24) is 4.90 Å². The molecule has 0 spiro atoms. The average molecular weight is 242 g/mol. The van der Waals surface area contributed by atoms with Gasteiger partial charge in [-0.05, 0) is 25.2 Å². The molecule has 1 saturated heterocycles. The van der Waals surface area contributed by atoms with E-state index in [4.69, 9.17) is 10.5 Å². The summed E-state index contributed by atoms with van der Waals surface area (Å²) in [6, 6.07) is -0.428. The second-order valence-electron chi connectivity index (χ2n) is 5.85. The van der Waals surface area contributed by atoms with Gasteiger partial charge in [-0.3, -0.25) is 4.79 Å². The molecule has 0 bridgehead atoms. The van der Waals surface area contributed by atoms with E-state index >= 15 is 0 Å². The quantitative estimate of drug-likeness (QED) is 0.813. The van der Waals surface area contributed by atoms with Gasteiger partial charge in [0.25, 0.3) is 0 Å². The number of piperidine rings is 1. The Morgan fingerprint density at radius 2 is 2.18 bits per heavy atom. The lowest BCUT2D eigenvalue weighted by Gasteiger charge is -2.37. The van der Waals surface area contributed by atoms with Crippen molar-refractivity contribution in [1.29, 1.82) is 0 Å². The summed E-state index contributed by atoms with van der Waals surface area (Å²) in [4.78, 5) is 14.1. The van der Waals surface area contributed by atoms with Crippen LogP contribution in [0.3, 0.4) is 0 Å². The van der Waals surface area contributed by atoms with E-state index in [1.807, 2.05) is 32.6 Å². The van der Waals surface area contributed by atoms with Crippen LogP contribution >= 0.6 is 0 Å². The smallest absolute Gasteiger partial charge is 0.240 e. The summed E-state index contributed by atoms with van der Waals surface area (Å²) in [6.45, 7) is 10.2. The van der Waals surface area contributed by atoms with Crippen LogP contribution in [0.5, 0.6) is 0 Å². The predicted octanol–water partition coefficient (Wildman–Crippen LogP) is 1.39. The molecule has 0 aromatic heterocycles. The minimum absolute atomic E-state index is 0.0573. The zero-order valence-corrected chi connectivity index (χ0v) is 11.5. The summed E-state index contributed by atoms with van der Waals surface area (Å²) < 4.78 is 5.59. The van der Waals surface area contributed by atoms with Gasteiger partial charge < -0.3 is 15.4 Å². The first-order chi connectivity index (χ1) is 7.86. The van der Waals surface area contributed by atoms with Gasteiger partial charge in [-0.1, -0.05) is 20.8 Å². The normalized spacial score (nSPS) is 23.6. The molecule has 1 rings (SSSR count). The molecule has 1 aliphatic rings. The largest absolute Gasteiger partial charge is 0.377 e. The number of ether oxygens (including phenoxy) is 1. The van der Waals surface area contributed by atoms with E-state index in [2.05, 4.69) is 0 Å². The number of carbonyl (C=O) groups is 1. The summed E-state index contributed by atoms with van der Waals surface area (Å²) in [6.07, 6.45) is 2.24. The standard InChI is InChI=1S/C13H26N2O2/c1-5-17-10-7-6-8-15(9-10)12(16)11(14)13(2,3)4/h10-11H,5-9,14H2,1-4H3. The maximum atomic E-state index is 12.2. The van der Waals surface area contributed by atoms with Crippen LogP contribution in [0.15, 0.2) is 0 Å². The Hall–Kier alpha value is -0.610. The van der Waals surface area contributed by atoms with Crippen LogP contribution in [0.25, 0.3) is 0 Å². The Labute approximate surface area is 104 Å². The number of likely N-dealkylation sites (tertiary alicyclic amines) is 1. The average Bonchev–Trinajstić information content (AvgIpc) is 2.27. The highest BCUT2D eigenvalue weighted by Crippen LogP contribution is 2.21. The van der Waals surface area contributed by atoms with Gasteiger partial charge in [-0.15, -0.1) is 0 Å². The molecule has 0 aliphatic carbocycles. The molecular formula is C13H26N2O2. The fraction of sp³-hybridized carbons (Fsp3) is 0.923. The van der Waals surface area contributed by atoms with E-state index in [1.165, 1.54) is 0 Å². The maximum absolute atomic E-state index is 12.2. The molecule has 2 N–H and O–H groups in total. The molecule has 2 atom stereocenters. The minimum Gasteiger partial charge on any atom is -0.377 e. The molecule has 2 unspecified atom stereocenters. The van der Waals surface area contributed by atoms with Crippen LogP contribution in [-0.4, -0.2) is 42.6 Å². The molecule has 0 aromatic rings. The first kappa shape index (κ1) is 14.5. The number of hydrogen-bond donors (Lipinski definition) is 1. The molecule has 17 heavy (non-hydrogen) atoms. The lowest BCUT2D eigenvalue weighted by Crippen LogP contribution is -2.54. The van der Waals surface area contributed by atoms with E-state index in [9.17, 15) is 4.79 Å². The maximum Gasteiger partial charge on any atom is 0.240 e. The Kier molecular flexibility index (Phi) is 4.95. The van der Waals surface area contributed by atoms with Crippen LogP contribution < -0.4 is 5.73 Å². The highest BCUT2D eigenvalue weighted by molar-refractivity contribution is 5.82. The third kappa shape index (κ3) is 3.96. The highest BCUT2D eigenvalue weighted by Gasteiger charge is 2.33. The minimum atomic E-state index is -0.428. The van der Waals surface area contributed by atoms with Gasteiger partial charge in [-0.2, -0.15) is 0 Å². The summed E-state index contributed by atoms with van der Waals surface area (Å²) in [5, 5.41) is 0. The summed E-state index contributed by atoms with van der Waals surface area (Å²) in [7, 11) is 0. The molecule has 1 amide bonds. The van der Waals surface area contributed by atoms with E-state index in [0.717, 1.165) is 19.4 Å². The molecule has 0 aromatic carbocycles. The number of nitrogens with two attached hydrogens (primary N) is 1. The van der Waals surface area contributed by atoms with Crippen LogP contribution in [-0.2, 0) is 9.53 Å². The van der Waals surface area contributed by atoms with Gasteiger partial charge in [0.05, 0.1) is 12.1 Å². The Balaban J connectivity index is 2.57. The van der Waals surface area contributed by atoms with Gasteiger partial charge in [0, 0.05) is 19.7 Å². The van der Waals surface area contributed by atoms with Crippen LogP contribution in [0.1, 0.15) is 40.5 Å². The SMILES string of the molecule is CCOC1CCCN(C(=O)C(N)C(C)(C)C)C1. The van der Waals surface area contributed by atoms with E-state index in [-0.39, 0.29) is 17.4 Å². The zero-order valence-electron chi connectivity index (χ0n) is 11.5. The summed E-state index contributed by atoms with van der Waals surface area (Å²) in [5.74, 6) is 0.0573. The zero-order chi connectivity index (χ0) is 13.1. The lowest BCUT2D eigenvalue weighted by atomic mass is 9.86. The van der Waals surface area contributed by atoms with Gasteiger partial charge in [0.15, 0.2) is 0 Å². The topological polar surface area (TPSA) is 55.6 Å². The number of rotatable bonds is 3. The van der Waals surface area contributed by atoms with Crippen molar-refractivity contribution < 1.29 is 9.53 Å². The fourth-order valence-electron chi connectivity index (χ4n) is 2.08. The van der Waals surface area contributed by atoms with Crippen molar-refractivity contribution >= 4 is 5.91 Å². The van der Waals surface area contributed by atoms with Crippen molar-refractivity contribution in [3.8, 4) is 0 Å². The van der Waals surface area contributed by atoms with E-state index in [0.29, 0.717) is 13.2 Å². The number of carbonyl (C=O) groups excluding carboxylic acids is 1. The predicted molar refractivity (Wildman–Crippen MR) is 68.7 cm³/mol. The van der Waals surface area contributed by atoms with E-state index < -0.39 is 6.04 Å². The van der Waals surface area contributed by atoms with Crippen molar-refractivity contribution in [2.75, 3.05) is 19.7 Å². The van der Waals surface area contributed by atoms with Gasteiger partial charge in [0.2, 0.25) is 5.91 Å². The van der Waals surface area contributed by atoms with Crippen molar-refractivity contribution in [3.05, 3.63) is 0 Å². The fourth-order valence-corrected chi connectivity index (χ4v) is 2.08. The monoisotopic (exact) mass is 242 g/mol. The van der Waals surface area contributed by atoms with E-state index in [1.54, 1.807) is 0 Å². The molecule has 100 valence electrons. The first-order valence-corrected chi connectivity index (χ1v) is 6.52. The Morgan fingerprint density at radius 1 is 1.53 bits per heavy atom. The number of amides is 1. The molecule has 1 heterocycles. The van der Waals surface area contributed by atoms with Crippen molar-refractivity contribution in [2.24, 2.45) is 11.1 Å². The second kappa shape index (κ2) is 5.83. The summed E-state index contributed by atoms with van der Waals surface area (Å²) in [5.41, 5.74) is 5.83. The molecular weight excluding hydrogens is 216 g/mol. The molecule has 1 fully saturated rings. The van der Waals surface area contributed by atoms with Crippen LogP contribution in [0.2, 0.25) is 0 Å². The van der Waals surface area contributed by atoms with Crippen molar-refractivity contribution in [3.63, 3.8) is 0 Å². The number of nitrogens with zero attached hydrogens (tertiary/aromatic N) is 1. The van der Waals surface area contributed by atoms with Gasteiger partial charge in [-0.25, -0.2) is 0 Å². The molecule has 0 saturated carbocycles. The summed E-state index contributed by atoms with van der Waals surface area (Å²) >= 11 is 0. The second-order valence-corrected chi connectivity index (χ2v) is 5.85. The van der Waals surface area contributed by atoms with Gasteiger partial charge in [0.1, 0.15) is 0 Å². The Bertz CT molecular complexity index is 259. The number of hydrogen-bond acceptors (Lipinski definition) is 3. The molecule has 1 aliphatic heterocycles. The molecule has 4 nitrogen and oxygen atoms in total. The highest BCUT2D eigenvalue weighted by atomic mass is 16.5. The molecule has 4 heteroatoms. The molecule has 0 radical (unpaired) electrons. The van der Waals surface area contributed by atoms with Gasteiger partial charge >= 0.3 is 0 Å². The first-order valence-electron chi connectivity index (χ1n) is 6.52. The third-order valence-electron chi connectivity index (χ3n) is 3.29. The Morgan fingerprint density at radius 3 is 2.71 bits per heavy atom. The third-order valence-corrected chi connectivity index (χ3v) is 3.29.